The van der Waals surface area contributed by atoms with E-state index in [9.17, 15) is 5.26 Å². The van der Waals surface area contributed by atoms with Crippen LogP contribution >= 0.6 is 0 Å². The van der Waals surface area contributed by atoms with E-state index in [1.165, 1.54) is 51.8 Å². The molecule has 0 spiro atoms. The predicted molar refractivity (Wildman–Crippen MR) is 254 cm³/mol. The maximum atomic E-state index is 9.83. The molecule has 2 aliphatic carbocycles. The molecule has 0 amide bonds. The number of hydrogen-bond donors (Lipinski definition) is 0. The number of fused-ring (bicyclic) bond motifs is 3. The van der Waals surface area contributed by atoms with Crippen LogP contribution in [0.2, 0.25) is 0 Å². The highest BCUT2D eigenvalue weighted by Crippen LogP contribution is 2.58. The molecule has 3 atom stereocenters. The molecule has 298 valence electrons. The monoisotopic (exact) mass is 798 g/mol. The maximum Gasteiger partial charge on any atom is 0.164 e. The Labute approximate surface area is 364 Å². The average Bonchev–Trinajstić information content (AvgIpc) is 3.61. The van der Waals surface area contributed by atoms with E-state index < -0.39 is 0 Å². The Hall–Kier alpha value is -7.48. The lowest BCUT2D eigenvalue weighted by molar-refractivity contribution is 0.325. The Morgan fingerprint density at radius 2 is 0.919 bits per heavy atom. The summed E-state index contributed by atoms with van der Waals surface area (Å²) in [6.07, 6.45) is 10.1. The van der Waals surface area contributed by atoms with Gasteiger partial charge in [0.05, 0.1) is 6.07 Å². The smallest absolute Gasteiger partial charge is 0.164 e. The number of rotatable bonds is 10. The van der Waals surface area contributed by atoms with Crippen LogP contribution in [0.4, 0.5) is 0 Å². The number of nitrogens with zero attached hydrogens (tertiary/aromatic N) is 4. The molecule has 0 saturated heterocycles. The molecule has 0 bridgehead atoms. The Morgan fingerprint density at radius 1 is 0.500 bits per heavy atom. The first kappa shape index (κ1) is 38.7. The summed E-state index contributed by atoms with van der Waals surface area (Å²) in [7, 11) is 0. The SMILES string of the molecule is CCCCC1(C)c2cccc(-c3ccc(-c4ccc(-c5ccc(-c6nc(-c7ccccc7)nc(-c7ccc(-c8ccccc8)cc7)n6)cc5)cc4)cc3)c2C2C=C(C#N)C=C[C@@H]21. The summed E-state index contributed by atoms with van der Waals surface area (Å²) >= 11 is 0. The number of aromatic nitrogens is 3. The molecule has 62 heavy (non-hydrogen) atoms. The van der Waals surface area contributed by atoms with Gasteiger partial charge >= 0.3 is 0 Å². The Bertz CT molecular complexity index is 2980. The second-order valence-electron chi connectivity index (χ2n) is 16.8. The summed E-state index contributed by atoms with van der Waals surface area (Å²) < 4.78 is 0. The first-order valence-electron chi connectivity index (χ1n) is 21.7. The first-order valence-corrected chi connectivity index (χ1v) is 21.7. The van der Waals surface area contributed by atoms with Gasteiger partial charge < -0.3 is 0 Å². The van der Waals surface area contributed by atoms with E-state index in [4.69, 9.17) is 15.0 Å². The van der Waals surface area contributed by atoms with Crippen molar-refractivity contribution in [2.24, 2.45) is 5.92 Å². The van der Waals surface area contributed by atoms with E-state index in [-0.39, 0.29) is 11.3 Å². The Morgan fingerprint density at radius 3 is 1.39 bits per heavy atom. The molecule has 0 fully saturated rings. The molecular weight excluding hydrogens is 753 g/mol. The van der Waals surface area contributed by atoms with Crippen LogP contribution in [0.25, 0.3) is 78.7 Å². The van der Waals surface area contributed by atoms with Crippen LogP contribution in [-0.2, 0) is 5.41 Å². The summed E-state index contributed by atoms with van der Waals surface area (Å²) in [5.74, 6) is 2.48. The summed E-state index contributed by atoms with van der Waals surface area (Å²) in [6.45, 7) is 4.71. The lowest BCUT2D eigenvalue weighted by Crippen LogP contribution is -2.29. The fraction of sp³-hybridized carbons (Fsp3) is 0.138. The molecule has 8 aromatic rings. The van der Waals surface area contributed by atoms with Gasteiger partial charge in [0.15, 0.2) is 17.5 Å². The third-order valence-electron chi connectivity index (χ3n) is 13.0. The van der Waals surface area contributed by atoms with E-state index in [0.717, 1.165) is 45.4 Å². The molecule has 4 nitrogen and oxygen atoms in total. The Kier molecular flexibility index (Phi) is 10.3. The lowest BCUT2D eigenvalue weighted by atomic mass is 9.69. The van der Waals surface area contributed by atoms with Crippen molar-refractivity contribution in [2.75, 3.05) is 0 Å². The number of unbranched alkanes of at least 4 members (excludes halogenated alkanes) is 1. The van der Waals surface area contributed by atoms with Crippen molar-refractivity contribution in [1.82, 2.24) is 15.0 Å². The van der Waals surface area contributed by atoms with Crippen LogP contribution in [-0.4, -0.2) is 15.0 Å². The second kappa shape index (κ2) is 16.5. The molecule has 0 N–H and O–H groups in total. The molecular formula is C58H46N4. The average molecular weight is 799 g/mol. The fourth-order valence-corrected chi connectivity index (χ4v) is 9.63. The van der Waals surface area contributed by atoms with Crippen molar-refractivity contribution in [1.29, 1.82) is 5.26 Å². The molecule has 0 aliphatic heterocycles. The van der Waals surface area contributed by atoms with Crippen molar-refractivity contribution in [3.63, 3.8) is 0 Å². The second-order valence-corrected chi connectivity index (χ2v) is 16.8. The number of allylic oxidation sites excluding steroid dienone is 4. The van der Waals surface area contributed by atoms with Gasteiger partial charge in [0.2, 0.25) is 0 Å². The third kappa shape index (κ3) is 7.27. The van der Waals surface area contributed by atoms with Crippen LogP contribution in [0.1, 0.15) is 50.2 Å². The quantitative estimate of drug-likeness (QED) is 0.138. The minimum absolute atomic E-state index is 0.0425. The van der Waals surface area contributed by atoms with Gasteiger partial charge in [-0.15, -0.1) is 0 Å². The van der Waals surface area contributed by atoms with Crippen LogP contribution < -0.4 is 0 Å². The zero-order valence-electron chi connectivity index (χ0n) is 35.0. The molecule has 4 heteroatoms. The van der Waals surface area contributed by atoms with Crippen LogP contribution in [0.5, 0.6) is 0 Å². The van der Waals surface area contributed by atoms with Gasteiger partial charge in [-0.2, -0.15) is 5.26 Å². The van der Waals surface area contributed by atoms with Gasteiger partial charge in [-0.1, -0.05) is 215 Å². The zero-order valence-corrected chi connectivity index (χ0v) is 35.0. The van der Waals surface area contributed by atoms with E-state index in [1.807, 2.05) is 42.5 Å². The number of benzene rings is 7. The van der Waals surface area contributed by atoms with Gasteiger partial charge in [0.1, 0.15) is 0 Å². The summed E-state index contributed by atoms with van der Waals surface area (Å²) in [5.41, 5.74) is 15.9. The van der Waals surface area contributed by atoms with E-state index in [0.29, 0.717) is 23.4 Å². The largest absolute Gasteiger partial charge is 0.208 e. The van der Waals surface area contributed by atoms with Crippen molar-refractivity contribution in [3.05, 3.63) is 211 Å². The Balaban J connectivity index is 0.901. The van der Waals surface area contributed by atoms with Crippen molar-refractivity contribution >= 4 is 0 Å². The van der Waals surface area contributed by atoms with Gasteiger partial charge in [-0.05, 0) is 79.5 Å². The maximum absolute atomic E-state index is 9.83. The minimum Gasteiger partial charge on any atom is -0.208 e. The summed E-state index contributed by atoms with van der Waals surface area (Å²) in [6, 6.07) is 64.4. The molecule has 2 aliphatic rings. The van der Waals surface area contributed by atoms with Gasteiger partial charge in [0, 0.05) is 28.2 Å². The number of nitriles is 1. The van der Waals surface area contributed by atoms with Gasteiger partial charge in [0.25, 0.3) is 0 Å². The van der Waals surface area contributed by atoms with Crippen molar-refractivity contribution in [2.45, 2.75) is 44.4 Å². The number of hydrogen-bond acceptors (Lipinski definition) is 4. The zero-order chi connectivity index (χ0) is 42.0. The van der Waals surface area contributed by atoms with Gasteiger partial charge in [-0.3, -0.25) is 0 Å². The molecule has 2 unspecified atom stereocenters. The predicted octanol–water partition coefficient (Wildman–Crippen LogP) is 14.7. The van der Waals surface area contributed by atoms with E-state index in [2.05, 4.69) is 172 Å². The molecule has 1 aromatic heterocycles. The standard InChI is InChI=1S/C58H46N4/c1-3-4-36-58(2)52-35-18-39(38-59)37-51(52)54-50(16-11-17-53(54)58)46-29-23-44(24-30-46)42-19-21-43(22-20-42)45-27-33-49(34-28-45)57-61-55(47-14-9-6-10-15-47)60-56(62-57)48-31-25-41(26-32-48)40-12-7-5-8-13-40/h5-35,37,51-52H,3-4,36H2,1-2H3/t51?,52-,58?/m0/s1. The molecule has 7 aromatic carbocycles. The third-order valence-corrected chi connectivity index (χ3v) is 13.0. The van der Waals surface area contributed by atoms with Crippen molar-refractivity contribution in [3.8, 4) is 84.7 Å². The fourth-order valence-electron chi connectivity index (χ4n) is 9.63. The molecule has 0 radical (unpaired) electrons. The van der Waals surface area contributed by atoms with Crippen LogP contribution in [0.3, 0.4) is 0 Å². The topological polar surface area (TPSA) is 62.5 Å². The van der Waals surface area contributed by atoms with Crippen molar-refractivity contribution < 1.29 is 0 Å². The minimum atomic E-state index is 0.0425. The first-order chi connectivity index (χ1) is 30.5. The molecule has 10 rings (SSSR count). The van der Waals surface area contributed by atoms with E-state index >= 15 is 0 Å². The summed E-state index contributed by atoms with van der Waals surface area (Å²) in [5, 5.41) is 9.83. The van der Waals surface area contributed by atoms with Crippen LogP contribution in [0.15, 0.2) is 200 Å². The van der Waals surface area contributed by atoms with Crippen LogP contribution in [0, 0.1) is 17.2 Å². The van der Waals surface area contributed by atoms with Gasteiger partial charge in [-0.25, -0.2) is 15.0 Å². The highest BCUT2D eigenvalue weighted by atomic mass is 15.0. The molecule has 1 heterocycles. The normalized spacial score (nSPS) is 17.5. The lowest BCUT2D eigenvalue weighted by Gasteiger charge is -2.34. The summed E-state index contributed by atoms with van der Waals surface area (Å²) in [4.78, 5) is 14.9. The molecule has 0 saturated carbocycles. The van der Waals surface area contributed by atoms with E-state index in [1.54, 1.807) is 0 Å². The highest BCUT2D eigenvalue weighted by Gasteiger charge is 2.48. The highest BCUT2D eigenvalue weighted by molar-refractivity contribution is 5.78.